The minimum absolute atomic E-state index is 0.0479. The Morgan fingerprint density at radius 3 is 2.36 bits per heavy atom. The molecular formula is C21H17FN2O. The monoisotopic (exact) mass is 332 g/mol. The van der Waals surface area contributed by atoms with E-state index >= 15 is 0 Å². The largest absolute Gasteiger partial charge is 0.359 e. The van der Waals surface area contributed by atoms with Crippen LogP contribution in [0, 0.1) is 5.82 Å². The maximum absolute atomic E-state index is 14.1. The Balaban J connectivity index is 1.71. The molecule has 0 aliphatic carbocycles. The summed E-state index contributed by atoms with van der Waals surface area (Å²) in [7, 11) is 0. The number of nitrogens with zero attached hydrogens (tertiary/aromatic N) is 1. The Labute approximate surface area is 145 Å². The second-order valence-corrected chi connectivity index (χ2v) is 6.03. The number of para-hydroxylation sites is 1. The van der Waals surface area contributed by atoms with Crippen molar-refractivity contribution < 1.29 is 9.18 Å². The van der Waals surface area contributed by atoms with E-state index in [-0.39, 0.29) is 11.7 Å². The summed E-state index contributed by atoms with van der Waals surface area (Å²) in [6.07, 6.45) is -0.402. The fraction of sp³-hybridized carbons (Fsp3) is 0.0952. The lowest BCUT2D eigenvalue weighted by molar-refractivity contribution is 0.0728. The van der Waals surface area contributed by atoms with E-state index in [1.165, 1.54) is 6.07 Å². The molecule has 3 aromatic carbocycles. The maximum Gasteiger partial charge on any atom is 0.256 e. The maximum atomic E-state index is 14.1. The Hall–Kier alpha value is -3.14. The molecule has 0 saturated carbocycles. The molecule has 4 heteroatoms. The van der Waals surface area contributed by atoms with E-state index in [2.05, 4.69) is 5.32 Å². The molecule has 0 aromatic heterocycles. The Morgan fingerprint density at radius 2 is 1.56 bits per heavy atom. The smallest absolute Gasteiger partial charge is 0.256 e. The van der Waals surface area contributed by atoms with Crippen LogP contribution in [0.5, 0.6) is 0 Å². The molecule has 4 rings (SSSR count). The topological polar surface area (TPSA) is 32.3 Å². The second-order valence-electron chi connectivity index (χ2n) is 6.03. The van der Waals surface area contributed by atoms with E-state index in [9.17, 15) is 9.18 Å². The van der Waals surface area contributed by atoms with Gasteiger partial charge in [0.05, 0.1) is 5.69 Å². The zero-order chi connectivity index (χ0) is 17.2. The van der Waals surface area contributed by atoms with Crippen molar-refractivity contribution in [2.75, 3.05) is 5.32 Å². The van der Waals surface area contributed by atoms with Crippen molar-refractivity contribution in [1.29, 1.82) is 0 Å². The fourth-order valence-electron chi connectivity index (χ4n) is 3.19. The van der Waals surface area contributed by atoms with Gasteiger partial charge >= 0.3 is 0 Å². The molecule has 1 N–H and O–H groups in total. The summed E-state index contributed by atoms with van der Waals surface area (Å²) >= 11 is 0. The molecule has 1 aliphatic rings. The van der Waals surface area contributed by atoms with Crippen LogP contribution in [0.3, 0.4) is 0 Å². The minimum Gasteiger partial charge on any atom is -0.359 e. The molecule has 1 atom stereocenters. The lowest BCUT2D eigenvalue weighted by atomic mass is 10.1. The average Bonchev–Trinajstić information content (AvgIpc) is 2.91. The number of benzene rings is 3. The predicted molar refractivity (Wildman–Crippen MR) is 95.5 cm³/mol. The first-order valence-corrected chi connectivity index (χ1v) is 8.19. The molecule has 0 fully saturated rings. The average molecular weight is 332 g/mol. The highest BCUT2D eigenvalue weighted by Gasteiger charge is 2.36. The van der Waals surface area contributed by atoms with Gasteiger partial charge in [-0.2, -0.15) is 0 Å². The standard InChI is InChI=1S/C21H17FN2O/c22-18-12-6-7-13-19(18)23-20-16-10-4-5-11-17(16)21(25)24(20)14-15-8-2-1-3-9-15/h1-13,20,23H,14H2/t20-/m1/s1. The van der Waals surface area contributed by atoms with E-state index in [1.807, 2.05) is 54.6 Å². The number of halogens is 1. The van der Waals surface area contributed by atoms with Gasteiger partial charge in [-0.15, -0.1) is 0 Å². The lowest BCUT2D eigenvalue weighted by Crippen LogP contribution is -2.32. The quantitative estimate of drug-likeness (QED) is 0.758. The number of amides is 1. The highest BCUT2D eigenvalue weighted by molar-refractivity contribution is 5.99. The molecular weight excluding hydrogens is 315 g/mol. The highest BCUT2D eigenvalue weighted by atomic mass is 19.1. The number of anilines is 1. The van der Waals surface area contributed by atoms with Crippen molar-refractivity contribution in [3.8, 4) is 0 Å². The molecule has 1 aliphatic heterocycles. The van der Waals surface area contributed by atoms with E-state index < -0.39 is 6.17 Å². The number of hydrogen-bond donors (Lipinski definition) is 1. The number of carbonyl (C=O) groups excluding carboxylic acids is 1. The first-order chi connectivity index (χ1) is 12.2. The summed E-state index contributed by atoms with van der Waals surface area (Å²) in [5.74, 6) is -0.382. The first-order valence-electron chi connectivity index (χ1n) is 8.19. The van der Waals surface area contributed by atoms with Gasteiger partial charge in [0.2, 0.25) is 0 Å². The molecule has 0 radical (unpaired) electrons. The van der Waals surface area contributed by atoms with Gasteiger partial charge in [-0.3, -0.25) is 4.79 Å². The molecule has 25 heavy (non-hydrogen) atoms. The van der Waals surface area contributed by atoms with Crippen LogP contribution in [-0.2, 0) is 6.54 Å². The van der Waals surface area contributed by atoms with Gasteiger partial charge in [-0.25, -0.2) is 4.39 Å². The van der Waals surface area contributed by atoms with Crippen molar-refractivity contribution in [2.45, 2.75) is 12.7 Å². The molecule has 124 valence electrons. The van der Waals surface area contributed by atoms with E-state index in [4.69, 9.17) is 0 Å². The normalized spacial score (nSPS) is 16.0. The van der Waals surface area contributed by atoms with Crippen LogP contribution in [0.4, 0.5) is 10.1 Å². The third kappa shape index (κ3) is 2.87. The molecule has 3 nitrogen and oxygen atoms in total. The van der Waals surface area contributed by atoms with Crippen LogP contribution in [0.15, 0.2) is 78.9 Å². The Morgan fingerprint density at radius 1 is 0.880 bits per heavy atom. The van der Waals surface area contributed by atoms with Gasteiger partial charge < -0.3 is 10.2 Å². The molecule has 0 saturated heterocycles. The van der Waals surface area contributed by atoms with Gasteiger partial charge in [-0.05, 0) is 23.8 Å². The van der Waals surface area contributed by atoms with Crippen molar-refractivity contribution in [1.82, 2.24) is 4.90 Å². The second kappa shape index (κ2) is 6.40. The number of fused-ring (bicyclic) bond motifs is 1. The summed E-state index contributed by atoms with van der Waals surface area (Å²) < 4.78 is 14.1. The third-order valence-corrected chi connectivity index (χ3v) is 4.42. The third-order valence-electron chi connectivity index (χ3n) is 4.42. The molecule has 1 heterocycles. The van der Waals surface area contributed by atoms with Crippen LogP contribution in [0.25, 0.3) is 0 Å². The summed E-state index contributed by atoms with van der Waals surface area (Å²) in [5, 5.41) is 3.20. The predicted octanol–water partition coefficient (Wildman–Crippen LogP) is 4.59. The van der Waals surface area contributed by atoms with Crippen molar-refractivity contribution in [2.24, 2.45) is 0 Å². The zero-order valence-electron chi connectivity index (χ0n) is 13.5. The summed E-state index contributed by atoms with van der Waals surface area (Å²) in [5.41, 5.74) is 2.94. The fourth-order valence-corrected chi connectivity index (χ4v) is 3.19. The van der Waals surface area contributed by atoms with Gasteiger partial charge in [0, 0.05) is 17.7 Å². The van der Waals surface area contributed by atoms with Crippen molar-refractivity contribution >= 4 is 11.6 Å². The number of carbonyl (C=O) groups is 1. The van der Waals surface area contributed by atoms with Gasteiger partial charge in [-0.1, -0.05) is 60.7 Å². The SMILES string of the molecule is O=C1c2ccccc2[C@H](Nc2ccccc2F)N1Cc1ccccc1. The van der Waals surface area contributed by atoms with Gasteiger partial charge in [0.1, 0.15) is 12.0 Å². The van der Waals surface area contributed by atoms with Gasteiger partial charge in [0.25, 0.3) is 5.91 Å². The van der Waals surface area contributed by atoms with Crippen LogP contribution < -0.4 is 5.32 Å². The molecule has 3 aromatic rings. The zero-order valence-corrected chi connectivity index (χ0v) is 13.5. The highest BCUT2D eigenvalue weighted by Crippen LogP contribution is 2.35. The van der Waals surface area contributed by atoms with Crippen LogP contribution in [0.1, 0.15) is 27.7 Å². The summed E-state index contributed by atoms with van der Waals surface area (Å²) in [4.78, 5) is 14.6. The Kier molecular flexibility index (Phi) is 3.94. The van der Waals surface area contributed by atoms with Crippen molar-refractivity contribution in [3.05, 3.63) is 101 Å². The summed E-state index contributed by atoms with van der Waals surface area (Å²) in [6, 6.07) is 23.8. The molecule has 0 bridgehead atoms. The molecule has 0 spiro atoms. The number of nitrogens with one attached hydrogen (secondary N) is 1. The van der Waals surface area contributed by atoms with Crippen LogP contribution in [-0.4, -0.2) is 10.8 Å². The van der Waals surface area contributed by atoms with E-state index in [0.717, 1.165) is 11.1 Å². The molecule has 0 unspecified atom stereocenters. The first kappa shape index (κ1) is 15.4. The minimum atomic E-state index is -0.402. The van der Waals surface area contributed by atoms with E-state index in [0.29, 0.717) is 17.8 Å². The lowest BCUT2D eigenvalue weighted by Gasteiger charge is -2.27. The van der Waals surface area contributed by atoms with Gasteiger partial charge in [0.15, 0.2) is 0 Å². The van der Waals surface area contributed by atoms with Crippen LogP contribution >= 0.6 is 0 Å². The molecule has 1 amide bonds. The number of hydrogen-bond acceptors (Lipinski definition) is 2. The van der Waals surface area contributed by atoms with E-state index in [1.54, 1.807) is 23.1 Å². The Bertz CT molecular complexity index is 911. The summed E-state index contributed by atoms with van der Waals surface area (Å²) in [6.45, 7) is 0.459. The van der Waals surface area contributed by atoms with Crippen molar-refractivity contribution in [3.63, 3.8) is 0 Å². The number of rotatable bonds is 4. The van der Waals surface area contributed by atoms with Crippen LogP contribution in [0.2, 0.25) is 0 Å².